The van der Waals surface area contributed by atoms with Crippen LogP contribution in [0.3, 0.4) is 0 Å². The first kappa shape index (κ1) is 17.3. The van der Waals surface area contributed by atoms with Gasteiger partial charge in [0.1, 0.15) is 17.3 Å². The zero-order valence-electron chi connectivity index (χ0n) is 13.3. The van der Waals surface area contributed by atoms with Crippen molar-refractivity contribution in [3.8, 4) is 17.1 Å². The summed E-state index contributed by atoms with van der Waals surface area (Å²) in [5.74, 6) is 1.81. The lowest BCUT2D eigenvalue weighted by Crippen LogP contribution is -1.93. The summed E-state index contributed by atoms with van der Waals surface area (Å²) in [5, 5.41) is 0.949. The molecule has 1 heterocycles. The van der Waals surface area contributed by atoms with Gasteiger partial charge in [0.2, 0.25) is 0 Å². The van der Waals surface area contributed by atoms with Crippen LogP contribution in [-0.2, 0) is 0 Å². The van der Waals surface area contributed by atoms with E-state index in [1.807, 2.05) is 12.1 Å². The summed E-state index contributed by atoms with van der Waals surface area (Å²) < 4.78 is 10.8. The minimum absolute atomic E-state index is 0.116. The maximum Gasteiger partial charge on any atom is 0.185 e. The van der Waals surface area contributed by atoms with E-state index in [1.54, 1.807) is 55.7 Å². The molecule has 1 aromatic heterocycles. The summed E-state index contributed by atoms with van der Waals surface area (Å²) in [5.41, 5.74) is 1.39. The predicted molar refractivity (Wildman–Crippen MR) is 101 cm³/mol. The molecule has 126 valence electrons. The van der Waals surface area contributed by atoms with Crippen LogP contribution in [0.4, 0.5) is 0 Å². The van der Waals surface area contributed by atoms with Crippen LogP contribution in [0.25, 0.3) is 17.4 Å². The molecule has 0 saturated heterocycles. The van der Waals surface area contributed by atoms with E-state index in [2.05, 4.69) is 0 Å². The van der Waals surface area contributed by atoms with Crippen molar-refractivity contribution in [1.29, 1.82) is 0 Å². The maximum atomic E-state index is 12.2. The van der Waals surface area contributed by atoms with Gasteiger partial charge in [0.15, 0.2) is 5.78 Å². The van der Waals surface area contributed by atoms with Gasteiger partial charge in [-0.3, -0.25) is 4.79 Å². The number of carbonyl (C=O) groups is 1. The standard InChI is InChI=1S/C20H14Cl2O3/c1-24-15-5-2-13(3-6-15)19(23)10-7-16-8-11-20(25-16)14-4-9-17(21)18(22)12-14/h2-12H,1H3. The quantitative estimate of drug-likeness (QED) is 0.397. The summed E-state index contributed by atoms with van der Waals surface area (Å²) in [6, 6.07) is 15.8. The van der Waals surface area contributed by atoms with Crippen LogP contribution < -0.4 is 4.74 Å². The molecule has 0 N–H and O–H groups in total. The van der Waals surface area contributed by atoms with Gasteiger partial charge in [0.05, 0.1) is 17.2 Å². The third kappa shape index (κ3) is 4.13. The van der Waals surface area contributed by atoms with E-state index in [1.165, 1.54) is 6.08 Å². The van der Waals surface area contributed by atoms with Crippen molar-refractivity contribution in [3.63, 3.8) is 0 Å². The first-order valence-electron chi connectivity index (χ1n) is 7.48. The SMILES string of the molecule is COc1ccc(C(=O)C=Cc2ccc(-c3ccc(Cl)c(Cl)c3)o2)cc1. The molecule has 2 aromatic carbocycles. The number of hydrogen-bond donors (Lipinski definition) is 0. The van der Waals surface area contributed by atoms with Gasteiger partial charge in [-0.2, -0.15) is 0 Å². The van der Waals surface area contributed by atoms with E-state index in [9.17, 15) is 4.79 Å². The fourth-order valence-corrected chi connectivity index (χ4v) is 2.55. The minimum atomic E-state index is -0.116. The van der Waals surface area contributed by atoms with Gasteiger partial charge < -0.3 is 9.15 Å². The van der Waals surface area contributed by atoms with E-state index in [0.29, 0.717) is 32.9 Å². The number of furan rings is 1. The second-order valence-electron chi connectivity index (χ2n) is 5.26. The van der Waals surface area contributed by atoms with Crippen LogP contribution >= 0.6 is 23.2 Å². The molecule has 0 spiro atoms. The lowest BCUT2D eigenvalue weighted by molar-refractivity contribution is 0.104. The molecular weight excluding hydrogens is 359 g/mol. The predicted octanol–water partition coefficient (Wildman–Crippen LogP) is 6.16. The third-order valence-electron chi connectivity index (χ3n) is 3.60. The van der Waals surface area contributed by atoms with Gasteiger partial charge in [0, 0.05) is 11.1 Å². The number of carbonyl (C=O) groups excluding carboxylic acids is 1. The molecular formula is C20H14Cl2O3. The molecule has 0 fully saturated rings. The van der Waals surface area contributed by atoms with Crippen LogP contribution in [0.2, 0.25) is 10.0 Å². The molecule has 0 saturated carbocycles. The number of methoxy groups -OCH3 is 1. The Morgan fingerprint density at radius 2 is 1.76 bits per heavy atom. The van der Waals surface area contributed by atoms with Crippen LogP contribution in [0.1, 0.15) is 16.1 Å². The topological polar surface area (TPSA) is 39.4 Å². The van der Waals surface area contributed by atoms with Crippen molar-refractivity contribution < 1.29 is 13.9 Å². The van der Waals surface area contributed by atoms with E-state index in [4.69, 9.17) is 32.4 Å². The Labute approximate surface area is 155 Å². The molecule has 5 heteroatoms. The molecule has 0 aliphatic rings. The molecule has 0 bridgehead atoms. The molecule has 0 unspecified atom stereocenters. The Hall–Kier alpha value is -2.49. The molecule has 0 aliphatic carbocycles. The first-order chi connectivity index (χ1) is 12.1. The van der Waals surface area contributed by atoms with Crippen molar-refractivity contribution in [2.75, 3.05) is 7.11 Å². The van der Waals surface area contributed by atoms with E-state index >= 15 is 0 Å². The molecule has 0 radical (unpaired) electrons. The fraction of sp³-hybridized carbons (Fsp3) is 0.0500. The summed E-state index contributed by atoms with van der Waals surface area (Å²) in [4.78, 5) is 12.2. The van der Waals surface area contributed by atoms with Crippen LogP contribution in [0, 0.1) is 0 Å². The van der Waals surface area contributed by atoms with E-state index in [0.717, 1.165) is 5.56 Å². The first-order valence-corrected chi connectivity index (χ1v) is 8.24. The Balaban J connectivity index is 1.74. The van der Waals surface area contributed by atoms with Crippen LogP contribution in [0.5, 0.6) is 5.75 Å². The summed E-state index contributed by atoms with van der Waals surface area (Å²) >= 11 is 11.9. The average Bonchev–Trinajstić information content (AvgIpc) is 3.11. The number of ketones is 1. The third-order valence-corrected chi connectivity index (χ3v) is 4.34. The second kappa shape index (κ2) is 7.60. The maximum absolute atomic E-state index is 12.2. The van der Waals surface area contributed by atoms with E-state index in [-0.39, 0.29) is 5.78 Å². The van der Waals surface area contributed by atoms with Crippen molar-refractivity contribution in [1.82, 2.24) is 0 Å². The van der Waals surface area contributed by atoms with Crippen molar-refractivity contribution >= 4 is 35.1 Å². The van der Waals surface area contributed by atoms with Crippen LogP contribution in [-0.4, -0.2) is 12.9 Å². The van der Waals surface area contributed by atoms with Crippen molar-refractivity contribution in [2.24, 2.45) is 0 Å². The summed E-state index contributed by atoms with van der Waals surface area (Å²) in [6.07, 6.45) is 3.10. The number of ether oxygens (including phenoxy) is 1. The van der Waals surface area contributed by atoms with Gasteiger partial charge in [-0.05, 0) is 66.7 Å². The molecule has 0 amide bonds. The largest absolute Gasteiger partial charge is 0.497 e. The van der Waals surface area contributed by atoms with Crippen molar-refractivity contribution in [3.05, 3.63) is 82.0 Å². The van der Waals surface area contributed by atoms with Crippen molar-refractivity contribution in [2.45, 2.75) is 0 Å². The normalized spacial score (nSPS) is 11.0. The Morgan fingerprint density at radius 1 is 1.00 bits per heavy atom. The molecule has 0 aliphatic heterocycles. The minimum Gasteiger partial charge on any atom is -0.497 e. The van der Waals surface area contributed by atoms with Gasteiger partial charge in [-0.15, -0.1) is 0 Å². The summed E-state index contributed by atoms with van der Waals surface area (Å²) in [6.45, 7) is 0. The second-order valence-corrected chi connectivity index (χ2v) is 6.07. The zero-order chi connectivity index (χ0) is 17.8. The Morgan fingerprint density at radius 3 is 2.44 bits per heavy atom. The molecule has 3 aromatic rings. The number of allylic oxidation sites excluding steroid dienone is 1. The fourth-order valence-electron chi connectivity index (χ4n) is 2.26. The monoisotopic (exact) mass is 372 g/mol. The zero-order valence-corrected chi connectivity index (χ0v) is 14.8. The molecule has 3 nitrogen and oxygen atoms in total. The lowest BCUT2D eigenvalue weighted by atomic mass is 10.1. The van der Waals surface area contributed by atoms with Gasteiger partial charge in [0.25, 0.3) is 0 Å². The smallest absolute Gasteiger partial charge is 0.185 e. The average molecular weight is 373 g/mol. The molecule has 0 atom stereocenters. The number of halogens is 2. The van der Waals surface area contributed by atoms with Gasteiger partial charge in [-0.25, -0.2) is 0 Å². The number of rotatable bonds is 5. The van der Waals surface area contributed by atoms with Crippen LogP contribution in [0.15, 0.2) is 65.1 Å². The summed E-state index contributed by atoms with van der Waals surface area (Å²) in [7, 11) is 1.58. The molecule has 25 heavy (non-hydrogen) atoms. The van der Waals surface area contributed by atoms with Gasteiger partial charge >= 0.3 is 0 Å². The number of benzene rings is 2. The lowest BCUT2D eigenvalue weighted by Gasteiger charge is -2.00. The molecule has 3 rings (SSSR count). The Kier molecular flexibility index (Phi) is 5.27. The highest BCUT2D eigenvalue weighted by molar-refractivity contribution is 6.42. The Bertz CT molecular complexity index is 924. The highest BCUT2D eigenvalue weighted by Gasteiger charge is 2.07. The highest BCUT2D eigenvalue weighted by atomic mass is 35.5. The highest BCUT2D eigenvalue weighted by Crippen LogP contribution is 2.29. The van der Waals surface area contributed by atoms with Gasteiger partial charge in [-0.1, -0.05) is 23.2 Å². The van der Waals surface area contributed by atoms with E-state index < -0.39 is 0 Å². The number of hydrogen-bond acceptors (Lipinski definition) is 3.